The molecule has 0 N–H and O–H groups in total. The van der Waals surface area contributed by atoms with Gasteiger partial charge in [-0.1, -0.05) is 30.3 Å². The molecule has 0 saturated heterocycles. The minimum absolute atomic E-state index is 0.145. The highest BCUT2D eigenvalue weighted by Gasteiger charge is 2.26. The maximum atomic E-state index is 14.2. The van der Waals surface area contributed by atoms with Crippen molar-refractivity contribution < 1.29 is 37.6 Å². The van der Waals surface area contributed by atoms with Crippen molar-refractivity contribution in [1.29, 1.82) is 0 Å². The van der Waals surface area contributed by atoms with Crippen molar-refractivity contribution in [1.82, 2.24) is 0 Å². The van der Waals surface area contributed by atoms with Gasteiger partial charge in [-0.05, 0) is 12.1 Å². The Labute approximate surface area is 190 Å². The van der Waals surface area contributed by atoms with Crippen molar-refractivity contribution in [2.24, 2.45) is 0 Å². The maximum Gasteiger partial charge on any atom is 0.342 e. The van der Waals surface area contributed by atoms with Crippen LogP contribution in [0.1, 0.15) is 33.3 Å². The van der Waals surface area contributed by atoms with Crippen LogP contribution in [0.15, 0.2) is 54.6 Å². The molecule has 4 rings (SSSR count). The molecule has 0 saturated carbocycles. The molecule has 1 aliphatic rings. The second kappa shape index (κ2) is 9.79. The quantitative estimate of drug-likeness (QED) is 0.474. The highest BCUT2D eigenvalue weighted by Crippen LogP contribution is 2.38. The van der Waals surface area contributed by atoms with Gasteiger partial charge in [-0.3, -0.25) is 0 Å². The normalized spacial score (nSPS) is 14.6. The van der Waals surface area contributed by atoms with E-state index in [2.05, 4.69) is 0 Å². The van der Waals surface area contributed by atoms with Crippen LogP contribution < -0.4 is 18.9 Å². The van der Waals surface area contributed by atoms with Gasteiger partial charge < -0.3 is 28.4 Å². The first-order valence-electron chi connectivity index (χ1n) is 10.2. The Balaban J connectivity index is 1.57. The van der Waals surface area contributed by atoms with Crippen LogP contribution in [0.25, 0.3) is 0 Å². The number of halogens is 1. The minimum atomic E-state index is -0.669. The van der Waals surface area contributed by atoms with Crippen molar-refractivity contribution in [2.45, 2.75) is 19.5 Å². The van der Waals surface area contributed by atoms with Crippen LogP contribution in [0.2, 0.25) is 0 Å². The number of hydrogen-bond acceptors (Lipinski definition) is 7. The number of esters is 1. The summed E-state index contributed by atoms with van der Waals surface area (Å²) in [6, 6.07) is 15.0. The summed E-state index contributed by atoms with van der Waals surface area (Å²) in [6.07, 6.45) is -0.649. The van der Waals surface area contributed by atoms with Gasteiger partial charge in [0.2, 0.25) is 6.29 Å². The fourth-order valence-corrected chi connectivity index (χ4v) is 3.57. The second-order valence-electron chi connectivity index (χ2n) is 7.21. The van der Waals surface area contributed by atoms with Crippen LogP contribution in [-0.4, -0.2) is 27.3 Å². The third-order valence-electron chi connectivity index (χ3n) is 5.18. The Morgan fingerprint density at radius 3 is 2.36 bits per heavy atom. The lowest BCUT2D eigenvalue weighted by Crippen LogP contribution is -2.20. The summed E-state index contributed by atoms with van der Waals surface area (Å²) in [5.41, 5.74) is 1.90. The van der Waals surface area contributed by atoms with Crippen molar-refractivity contribution in [2.75, 3.05) is 21.3 Å². The van der Waals surface area contributed by atoms with Gasteiger partial charge in [0.15, 0.2) is 11.5 Å². The number of carbonyl (C=O) groups excluding carboxylic acids is 1. The van der Waals surface area contributed by atoms with Crippen LogP contribution >= 0.6 is 0 Å². The van der Waals surface area contributed by atoms with Gasteiger partial charge in [0.1, 0.15) is 29.5 Å². The van der Waals surface area contributed by atoms with Gasteiger partial charge in [0.25, 0.3) is 0 Å². The van der Waals surface area contributed by atoms with E-state index in [4.69, 9.17) is 28.4 Å². The first kappa shape index (κ1) is 22.4. The van der Waals surface area contributed by atoms with Crippen molar-refractivity contribution >= 4 is 5.97 Å². The number of hydrogen-bond donors (Lipinski definition) is 0. The predicted molar refractivity (Wildman–Crippen MR) is 116 cm³/mol. The van der Waals surface area contributed by atoms with Crippen LogP contribution in [0.3, 0.4) is 0 Å². The molecule has 0 fully saturated rings. The smallest absolute Gasteiger partial charge is 0.342 e. The van der Waals surface area contributed by atoms with Crippen molar-refractivity contribution in [3.8, 4) is 23.0 Å². The number of ether oxygens (including phenoxy) is 6. The van der Waals surface area contributed by atoms with Gasteiger partial charge in [-0.2, -0.15) is 0 Å². The molecule has 1 aliphatic heterocycles. The minimum Gasteiger partial charge on any atom is -0.496 e. The van der Waals surface area contributed by atoms with E-state index in [0.717, 1.165) is 5.56 Å². The first-order valence-corrected chi connectivity index (χ1v) is 10.2. The van der Waals surface area contributed by atoms with E-state index in [-0.39, 0.29) is 24.5 Å². The van der Waals surface area contributed by atoms with Crippen LogP contribution in [-0.2, 0) is 22.7 Å². The topological polar surface area (TPSA) is 72.5 Å². The molecule has 1 unspecified atom stereocenters. The average molecular weight is 454 g/mol. The summed E-state index contributed by atoms with van der Waals surface area (Å²) in [7, 11) is 4.37. The Bertz CT molecular complexity index is 1150. The summed E-state index contributed by atoms with van der Waals surface area (Å²) < 4.78 is 47.3. The van der Waals surface area contributed by atoms with E-state index in [0.29, 0.717) is 28.4 Å². The molecule has 8 heteroatoms. The van der Waals surface area contributed by atoms with Crippen LogP contribution in [0.5, 0.6) is 23.0 Å². The van der Waals surface area contributed by atoms with Gasteiger partial charge in [-0.25, -0.2) is 9.18 Å². The summed E-state index contributed by atoms with van der Waals surface area (Å²) in [5.74, 6) is 0.299. The van der Waals surface area contributed by atoms with E-state index >= 15 is 0 Å². The number of rotatable bonds is 7. The lowest BCUT2D eigenvalue weighted by Gasteiger charge is -2.28. The monoisotopic (exact) mass is 454 g/mol. The van der Waals surface area contributed by atoms with E-state index in [9.17, 15) is 9.18 Å². The molecule has 0 radical (unpaired) electrons. The molecule has 7 nitrogen and oxygen atoms in total. The van der Waals surface area contributed by atoms with Crippen molar-refractivity contribution in [3.05, 3.63) is 82.7 Å². The van der Waals surface area contributed by atoms with E-state index in [1.807, 2.05) is 30.3 Å². The molecule has 33 heavy (non-hydrogen) atoms. The summed E-state index contributed by atoms with van der Waals surface area (Å²) in [6.45, 7) is -0.0466. The molecule has 172 valence electrons. The largest absolute Gasteiger partial charge is 0.496 e. The average Bonchev–Trinajstić information content (AvgIpc) is 2.86. The SMILES string of the molecule is COc1cc(OC)c(C(=O)OCc2cc(F)cc3c2OC(c2ccccc2)OC3)cc1OC. The fourth-order valence-electron chi connectivity index (χ4n) is 3.57. The third kappa shape index (κ3) is 4.70. The molecule has 0 spiro atoms. The van der Waals surface area contributed by atoms with Gasteiger partial charge in [0.05, 0.1) is 27.9 Å². The number of carbonyl (C=O) groups is 1. The maximum absolute atomic E-state index is 14.2. The standard InChI is InChI=1S/C25H23FO7/c1-28-20-12-22(30-3)21(29-2)11-19(20)24(27)31-13-16-9-18(26)10-17-14-32-25(33-23(16)17)15-7-5-4-6-8-15/h4-12,25H,13-14H2,1-3H3. The Morgan fingerprint density at radius 1 is 0.970 bits per heavy atom. The van der Waals surface area contributed by atoms with E-state index < -0.39 is 18.1 Å². The molecule has 1 atom stereocenters. The Kier molecular flexibility index (Phi) is 6.65. The highest BCUT2D eigenvalue weighted by molar-refractivity contribution is 5.93. The Hall–Kier alpha value is -3.78. The predicted octanol–water partition coefficient (Wildman–Crippen LogP) is 4.82. The van der Waals surface area contributed by atoms with Gasteiger partial charge >= 0.3 is 5.97 Å². The number of methoxy groups -OCH3 is 3. The molecule has 0 aromatic heterocycles. The van der Waals surface area contributed by atoms with Gasteiger partial charge in [-0.15, -0.1) is 0 Å². The molecular formula is C25H23FO7. The summed E-state index contributed by atoms with van der Waals surface area (Å²) >= 11 is 0. The summed E-state index contributed by atoms with van der Waals surface area (Å²) in [5, 5.41) is 0. The van der Waals surface area contributed by atoms with E-state index in [1.165, 1.54) is 45.6 Å². The zero-order chi connectivity index (χ0) is 23.4. The Morgan fingerprint density at radius 2 is 1.67 bits per heavy atom. The highest BCUT2D eigenvalue weighted by atomic mass is 19.1. The second-order valence-corrected chi connectivity index (χ2v) is 7.21. The molecule has 0 bridgehead atoms. The third-order valence-corrected chi connectivity index (χ3v) is 5.18. The lowest BCUT2D eigenvalue weighted by molar-refractivity contribution is -0.112. The molecule has 0 amide bonds. The zero-order valence-electron chi connectivity index (χ0n) is 18.4. The molecule has 0 aliphatic carbocycles. The zero-order valence-corrected chi connectivity index (χ0v) is 18.4. The number of fused-ring (bicyclic) bond motifs is 1. The molecule has 1 heterocycles. The fraction of sp³-hybridized carbons (Fsp3) is 0.240. The lowest BCUT2D eigenvalue weighted by atomic mass is 10.1. The van der Waals surface area contributed by atoms with Crippen LogP contribution in [0.4, 0.5) is 4.39 Å². The van der Waals surface area contributed by atoms with E-state index in [1.54, 1.807) is 0 Å². The molecule has 3 aromatic rings. The summed E-state index contributed by atoms with van der Waals surface area (Å²) in [4.78, 5) is 12.8. The van der Waals surface area contributed by atoms with Crippen LogP contribution in [0, 0.1) is 5.82 Å². The number of benzene rings is 3. The molecule has 3 aromatic carbocycles. The first-order chi connectivity index (χ1) is 16.0. The van der Waals surface area contributed by atoms with Gasteiger partial charge in [0, 0.05) is 28.8 Å². The van der Waals surface area contributed by atoms with Crippen molar-refractivity contribution in [3.63, 3.8) is 0 Å². The molecular weight excluding hydrogens is 431 g/mol.